The molecule has 0 bridgehead atoms. The third-order valence-electron chi connectivity index (χ3n) is 9.87. The molecule has 0 aliphatic carbocycles. The van der Waals surface area contributed by atoms with Crippen molar-refractivity contribution in [3.63, 3.8) is 0 Å². The zero-order chi connectivity index (χ0) is 33.5. The maximum Gasteiger partial charge on any atom is 0.164 e. The van der Waals surface area contributed by atoms with Gasteiger partial charge in [-0.3, -0.25) is 0 Å². The lowest BCUT2D eigenvalue weighted by molar-refractivity contribution is 0.669. The van der Waals surface area contributed by atoms with E-state index in [0.29, 0.717) is 17.5 Å². The van der Waals surface area contributed by atoms with Gasteiger partial charge in [0.2, 0.25) is 0 Å². The third-order valence-corrected chi connectivity index (χ3v) is 9.87. The number of nitrogens with zero attached hydrogens (tertiary/aromatic N) is 4. The molecule has 51 heavy (non-hydrogen) atoms. The Kier molecular flexibility index (Phi) is 5.86. The van der Waals surface area contributed by atoms with Gasteiger partial charge in [0.25, 0.3) is 0 Å². The summed E-state index contributed by atoms with van der Waals surface area (Å²) in [7, 11) is 0. The zero-order valence-corrected chi connectivity index (χ0v) is 27.1. The molecule has 0 aliphatic rings. The second-order valence-electron chi connectivity index (χ2n) is 12.8. The molecule has 0 N–H and O–H groups in total. The van der Waals surface area contributed by atoms with E-state index in [4.69, 9.17) is 23.8 Å². The van der Waals surface area contributed by atoms with E-state index >= 15 is 0 Å². The van der Waals surface area contributed by atoms with Gasteiger partial charge >= 0.3 is 0 Å². The van der Waals surface area contributed by atoms with E-state index in [9.17, 15) is 0 Å². The molecule has 0 radical (unpaired) electrons. The first-order chi connectivity index (χ1) is 25.3. The standard InChI is InChI=1S/C45H26N4O2/c1-2-10-27(11-3-1)43-46-44(48-45(47-43)29-20-25-40-35(26-29)32-13-6-8-16-38(32)50-40)28-18-21-30(22-19-28)49-36-15-7-4-14-34(36)41-37(49)24-23-33-31-12-5-9-17-39(31)51-42(33)41/h1-26H. The summed E-state index contributed by atoms with van der Waals surface area (Å²) in [4.78, 5) is 15.0. The van der Waals surface area contributed by atoms with Gasteiger partial charge < -0.3 is 13.4 Å². The van der Waals surface area contributed by atoms with Crippen molar-refractivity contribution >= 4 is 65.7 Å². The largest absolute Gasteiger partial charge is 0.456 e. The number of para-hydroxylation sites is 3. The molecular formula is C45H26N4O2. The van der Waals surface area contributed by atoms with E-state index in [-0.39, 0.29) is 0 Å². The summed E-state index contributed by atoms with van der Waals surface area (Å²) in [6.07, 6.45) is 0. The van der Waals surface area contributed by atoms with Crippen LogP contribution in [0.5, 0.6) is 0 Å². The summed E-state index contributed by atoms with van der Waals surface area (Å²) < 4.78 is 14.9. The molecule has 11 rings (SSSR count). The summed E-state index contributed by atoms with van der Waals surface area (Å²) in [6.45, 7) is 0. The highest BCUT2D eigenvalue weighted by molar-refractivity contribution is 6.23. The third kappa shape index (κ3) is 4.26. The van der Waals surface area contributed by atoms with E-state index in [1.165, 1.54) is 0 Å². The number of benzene rings is 7. The van der Waals surface area contributed by atoms with Gasteiger partial charge in [0, 0.05) is 49.3 Å². The molecule has 0 saturated heterocycles. The van der Waals surface area contributed by atoms with E-state index in [0.717, 1.165) is 88.1 Å². The molecule has 7 aromatic carbocycles. The van der Waals surface area contributed by atoms with Gasteiger partial charge in [-0.15, -0.1) is 0 Å². The SMILES string of the molecule is c1ccc(-c2nc(-c3ccc(-n4c5ccccc5c5c6oc7ccccc7c6ccc54)cc3)nc(-c3ccc4oc5ccccc5c4c3)n2)cc1. The van der Waals surface area contributed by atoms with E-state index in [1.807, 2.05) is 72.8 Å². The van der Waals surface area contributed by atoms with Crippen LogP contribution in [0.25, 0.3) is 106 Å². The molecule has 0 atom stereocenters. The summed E-state index contributed by atoms with van der Waals surface area (Å²) in [5, 5.41) is 6.60. The topological polar surface area (TPSA) is 69.9 Å². The lowest BCUT2D eigenvalue weighted by Gasteiger charge is -2.11. The van der Waals surface area contributed by atoms with Crippen molar-refractivity contribution < 1.29 is 8.83 Å². The predicted octanol–water partition coefficient (Wildman–Crippen LogP) is 11.8. The maximum atomic E-state index is 6.49. The fourth-order valence-corrected chi connectivity index (χ4v) is 7.49. The fraction of sp³-hybridized carbons (Fsp3) is 0. The lowest BCUT2D eigenvalue weighted by atomic mass is 10.1. The van der Waals surface area contributed by atoms with Crippen molar-refractivity contribution in [1.29, 1.82) is 0 Å². The highest BCUT2D eigenvalue weighted by Crippen LogP contribution is 2.41. The Bertz CT molecular complexity index is 3140. The second-order valence-corrected chi connectivity index (χ2v) is 12.8. The fourth-order valence-electron chi connectivity index (χ4n) is 7.49. The van der Waals surface area contributed by atoms with Crippen LogP contribution in [0.15, 0.2) is 167 Å². The van der Waals surface area contributed by atoms with Crippen molar-refractivity contribution in [2.24, 2.45) is 0 Å². The van der Waals surface area contributed by atoms with Crippen LogP contribution in [0.3, 0.4) is 0 Å². The van der Waals surface area contributed by atoms with E-state index in [1.54, 1.807) is 0 Å². The van der Waals surface area contributed by atoms with Crippen LogP contribution in [0.2, 0.25) is 0 Å². The van der Waals surface area contributed by atoms with Crippen LogP contribution >= 0.6 is 0 Å². The van der Waals surface area contributed by atoms with Gasteiger partial charge in [0.05, 0.1) is 16.4 Å². The van der Waals surface area contributed by atoms with Crippen LogP contribution in [-0.2, 0) is 0 Å². The average Bonchev–Trinajstić information content (AvgIpc) is 3.87. The maximum absolute atomic E-state index is 6.49. The highest BCUT2D eigenvalue weighted by atomic mass is 16.3. The Morgan fingerprint density at radius 2 is 0.941 bits per heavy atom. The first-order valence-electron chi connectivity index (χ1n) is 16.9. The minimum absolute atomic E-state index is 0.604. The first-order valence-corrected chi connectivity index (χ1v) is 16.9. The minimum atomic E-state index is 0.604. The van der Waals surface area contributed by atoms with Crippen LogP contribution in [0.4, 0.5) is 0 Å². The van der Waals surface area contributed by atoms with Crippen molar-refractivity contribution in [1.82, 2.24) is 19.5 Å². The zero-order valence-electron chi connectivity index (χ0n) is 27.1. The lowest BCUT2D eigenvalue weighted by Crippen LogP contribution is -2.00. The summed E-state index contributed by atoms with van der Waals surface area (Å²) in [5.74, 6) is 1.83. The van der Waals surface area contributed by atoms with Gasteiger partial charge in [0.15, 0.2) is 17.5 Å². The molecule has 0 unspecified atom stereocenters. The van der Waals surface area contributed by atoms with Gasteiger partial charge in [0.1, 0.15) is 22.3 Å². The summed E-state index contributed by atoms with van der Waals surface area (Å²) in [5.41, 5.74) is 9.46. The molecule has 0 amide bonds. The molecule has 0 spiro atoms. The van der Waals surface area contributed by atoms with Crippen molar-refractivity contribution in [2.45, 2.75) is 0 Å². The number of hydrogen-bond acceptors (Lipinski definition) is 5. The molecule has 11 aromatic rings. The van der Waals surface area contributed by atoms with Crippen LogP contribution in [-0.4, -0.2) is 19.5 Å². The van der Waals surface area contributed by atoms with Gasteiger partial charge in [-0.05, 0) is 72.8 Å². The Morgan fingerprint density at radius 3 is 1.71 bits per heavy atom. The van der Waals surface area contributed by atoms with Crippen molar-refractivity contribution in [3.05, 3.63) is 158 Å². The molecule has 0 saturated carbocycles. The van der Waals surface area contributed by atoms with Crippen LogP contribution in [0, 0.1) is 0 Å². The van der Waals surface area contributed by atoms with Gasteiger partial charge in [-0.1, -0.05) is 84.9 Å². The normalized spacial score (nSPS) is 11.9. The van der Waals surface area contributed by atoms with E-state index in [2.05, 4.69) is 89.5 Å². The van der Waals surface area contributed by atoms with E-state index < -0.39 is 0 Å². The Hall–Kier alpha value is -7.05. The predicted molar refractivity (Wildman–Crippen MR) is 205 cm³/mol. The second kappa shape index (κ2) is 10.7. The molecule has 4 heterocycles. The van der Waals surface area contributed by atoms with Crippen LogP contribution in [0.1, 0.15) is 0 Å². The molecule has 6 heteroatoms. The molecule has 4 aromatic heterocycles. The Balaban J connectivity index is 1.07. The highest BCUT2D eigenvalue weighted by Gasteiger charge is 2.19. The molecule has 238 valence electrons. The molecule has 0 fully saturated rings. The number of furan rings is 2. The Labute approximate surface area is 290 Å². The number of fused-ring (bicyclic) bond motifs is 10. The number of rotatable bonds is 4. The molecular weight excluding hydrogens is 629 g/mol. The van der Waals surface area contributed by atoms with Gasteiger partial charge in [-0.2, -0.15) is 0 Å². The van der Waals surface area contributed by atoms with Crippen molar-refractivity contribution in [2.75, 3.05) is 0 Å². The quantitative estimate of drug-likeness (QED) is 0.189. The van der Waals surface area contributed by atoms with Crippen molar-refractivity contribution in [3.8, 4) is 39.9 Å². The molecule has 0 aliphatic heterocycles. The monoisotopic (exact) mass is 654 g/mol. The van der Waals surface area contributed by atoms with Gasteiger partial charge in [-0.25, -0.2) is 15.0 Å². The smallest absolute Gasteiger partial charge is 0.164 e. The average molecular weight is 655 g/mol. The first kappa shape index (κ1) is 27.9. The number of hydrogen-bond donors (Lipinski definition) is 0. The minimum Gasteiger partial charge on any atom is -0.456 e. The van der Waals surface area contributed by atoms with Crippen LogP contribution < -0.4 is 0 Å². The molecule has 6 nitrogen and oxygen atoms in total. The summed E-state index contributed by atoms with van der Waals surface area (Å²) in [6, 6.07) is 53.9. The Morgan fingerprint density at radius 1 is 0.373 bits per heavy atom. The number of aromatic nitrogens is 4. The summed E-state index contributed by atoms with van der Waals surface area (Å²) >= 11 is 0.